The van der Waals surface area contributed by atoms with Crippen LogP contribution in [0.2, 0.25) is 0 Å². The van der Waals surface area contributed by atoms with Gasteiger partial charge in [-0.15, -0.1) is 0 Å². The first-order valence-corrected chi connectivity index (χ1v) is 7.43. The van der Waals surface area contributed by atoms with E-state index in [9.17, 15) is 0 Å². The second kappa shape index (κ2) is 7.63. The average molecular weight is 261 g/mol. The van der Waals surface area contributed by atoms with Crippen molar-refractivity contribution in [2.24, 2.45) is 0 Å². The molecule has 106 valence electrons. The molecule has 0 amide bonds. The van der Waals surface area contributed by atoms with Gasteiger partial charge in [-0.25, -0.2) is 0 Å². The van der Waals surface area contributed by atoms with Crippen LogP contribution >= 0.6 is 0 Å². The van der Waals surface area contributed by atoms with Crippen molar-refractivity contribution in [2.45, 2.75) is 32.9 Å². The number of hydrogen-bond donors (Lipinski definition) is 2. The van der Waals surface area contributed by atoms with Gasteiger partial charge in [0.25, 0.3) is 0 Å². The van der Waals surface area contributed by atoms with Crippen LogP contribution in [-0.4, -0.2) is 38.1 Å². The summed E-state index contributed by atoms with van der Waals surface area (Å²) in [5.41, 5.74) is 4.17. The van der Waals surface area contributed by atoms with Crippen LogP contribution in [0.3, 0.4) is 0 Å². The van der Waals surface area contributed by atoms with E-state index in [4.69, 9.17) is 0 Å². The molecule has 0 fully saturated rings. The first kappa shape index (κ1) is 14.5. The maximum absolute atomic E-state index is 3.55. The van der Waals surface area contributed by atoms with Gasteiger partial charge in [-0.05, 0) is 64.1 Å². The Morgan fingerprint density at radius 3 is 1.95 bits per heavy atom. The van der Waals surface area contributed by atoms with Crippen LogP contribution in [0.25, 0.3) is 0 Å². The van der Waals surface area contributed by atoms with Gasteiger partial charge in [0.15, 0.2) is 0 Å². The van der Waals surface area contributed by atoms with Crippen molar-refractivity contribution in [1.29, 1.82) is 0 Å². The first-order chi connectivity index (χ1) is 9.24. The van der Waals surface area contributed by atoms with Gasteiger partial charge in [0.2, 0.25) is 0 Å². The van der Waals surface area contributed by atoms with E-state index < -0.39 is 0 Å². The summed E-state index contributed by atoms with van der Waals surface area (Å²) in [6, 6.07) is 6.90. The van der Waals surface area contributed by atoms with E-state index in [1.54, 1.807) is 0 Å². The van der Waals surface area contributed by atoms with Crippen molar-refractivity contribution >= 4 is 0 Å². The molecule has 1 aromatic rings. The average Bonchev–Trinajstić information content (AvgIpc) is 2.36. The van der Waals surface area contributed by atoms with Crippen molar-refractivity contribution in [3.8, 4) is 0 Å². The Balaban J connectivity index is 1.98. The Labute approximate surface area is 117 Å². The molecule has 0 saturated heterocycles. The summed E-state index contributed by atoms with van der Waals surface area (Å²) in [4.78, 5) is 2.43. The van der Waals surface area contributed by atoms with Crippen LogP contribution in [-0.2, 0) is 13.1 Å². The lowest BCUT2D eigenvalue weighted by Crippen LogP contribution is -2.27. The van der Waals surface area contributed by atoms with Gasteiger partial charge in [-0.2, -0.15) is 0 Å². The van der Waals surface area contributed by atoms with Gasteiger partial charge in [0.05, 0.1) is 0 Å². The predicted molar refractivity (Wildman–Crippen MR) is 81.3 cm³/mol. The lowest BCUT2D eigenvalue weighted by atomic mass is 10.1. The maximum Gasteiger partial charge on any atom is 0.0205 e. The normalized spacial score (nSPS) is 19.9. The molecule has 2 rings (SSSR count). The summed E-state index contributed by atoms with van der Waals surface area (Å²) in [5, 5.41) is 7.10. The highest BCUT2D eigenvalue weighted by Crippen LogP contribution is 2.10. The third-order valence-electron chi connectivity index (χ3n) is 3.64. The van der Waals surface area contributed by atoms with E-state index in [0.717, 1.165) is 26.2 Å². The zero-order valence-electron chi connectivity index (χ0n) is 12.3. The Kier molecular flexibility index (Phi) is 5.83. The largest absolute Gasteiger partial charge is 0.313 e. The number of nitrogens with one attached hydrogen (secondary N) is 2. The summed E-state index contributed by atoms with van der Waals surface area (Å²) in [6.45, 7) is 8.73. The van der Waals surface area contributed by atoms with Gasteiger partial charge in [0.1, 0.15) is 0 Å². The summed E-state index contributed by atoms with van der Waals surface area (Å²) in [5.74, 6) is 0. The van der Waals surface area contributed by atoms with E-state index in [2.05, 4.69) is 47.7 Å². The molecule has 19 heavy (non-hydrogen) atoms. The van der Waals surface area contributed by atoms with Crippen molar-refractivity contribution in [3.63, 3.8) is 0 Å². The number of rotatable bonds is 0. The Morgan fingerprint density at radius 1 is 0.895 bits per heavy atom. The van der Waals surface area contributed by atoms with E-state index in [0.29, 0.717) is 0 Å². The van der Waals surface area contributed by atoms with Crippen LogP contribution in [0.5, 0.6) is 0 Å². The van der Waals surface area contributed by atoms with Crippen LogP contribution in [0.4, 0.5) is 0 Å². The molecule has 0 radical (unpaired) electrons. The Hall–Kier alpha value is -0.900. The molecule has 0 atom stereocenters. The van der Waals surface area contributed by atoms with Gasteiger partial charge < -0.3 is 15.5 Å². The van der Waals surface area contributed by atoms with E-state index in [-0.39, 0.29) is 0 Å². The number of fused-ring (bicyclic) bond motifs is 2. The third-order valence-corrected chi connectivity index (χ3v) is 3.64. The lowest BCUT2D eigenvalue weighted by Gasteiger charge is -2.18. The second-order valence-electron chi connectivity index (χ2n) is 5.69. The Bertz CT molecular complexity index is 357. The van der Waals surface area contributed by atoms with E-state index in [1.165, 1.54) is 42.6 Å². The number of benzene rings is 1. The maximum atomic E-state index is 3.55. The quantitative estimate of drug-likeness (QED) is 0.747. The SMILES string of the molecule is Cc1cc2cc(c1)CNCCCN(C)CCCNC2. The topological polar surface area (TPSA) is 27.3 Å². The molecule has 1 aliphatic rings. The van der Waals surface area contributed by atoms with Gasteiger partial charge in [-0.1, -0.05) is 23.8 Å². The standard InChI is InChI=1S/C16H27N3/c1-14-9-15-11-16(10-14)13-18-6-4-8-19(2)7-3-5-17-12-15/h9-11,17-18H,3-8,12-13H2,1-2H3. The number of aryl methyl sites for hydroxylation is 1. The molecule has 0 aromatic heterocycles. The fourth-order valence-electron chi connectivity index (χ4n) is 2.68. The molecular formula is C16H27N3. The smallest absolute Gasteiger partial charge is 0.0205 e. The predicted octanol–water partition coefficient (Wildman–Crippen LogP) is 1.90. The molecule has 0 saturated carbocycles. The molecule has 2 N–H and O–H groups in total. The van der Waals surface area contributed by atoms with Crippen LogP contribution < -0.4 is 10.6 Å². The van der Waals surface area contributed by atoms with Gasteiger partial charge in [-0.3, -0.25) is 0 Å². The molecule has 2 bridgehead atoms. The number of nitrogens with zero attached hydrogens (tertiary/aromatic N) is 1. The zero-order valence-corrected chi connectivity index (χ0v) is 12.3. The fourth-order valence-corrected chi connectivity index (χ4v) is 2.68. The number of hydrogen-bond acceptors (Lipinski definition) is 3. The third kappa shape index (κ3) is 5.31. The van der Waals surface area contributed by atoms with Crippen molar-refractivity contribution in [2.75, 3.05) is 33.2 Å². The van der Waals surface area contributed by atoms with Crippen molar-refractivity contribution in [1.82, 2.24) is 15.5 Å². The molecule has 3 heteroatoms. The minimum atomic E-state index is 0.985. The fraction of sp³-hybridized carbons (Fsp3) is 0.625. The molecule has 3 nitrogen and oxygen atoms in total. The molecule has 1 aliphatic heterocycles. The first-order valence-electron chi connectivity index (χ1n) is 7.43. The van der Waals surface area contributed by atoms with Gasteiger partial charge >= 0.3 is 0 Å². The molecular weight excluding hydrogens is 234 g/mol. The molecule has 0 aliphatic carbocycles. The van der Waals surface area contributed by atoms with Gasteiger partial charge in [0, 0.05) is 13.1 Å². The summed E-state index contributed by atoms with van der Waals surface area (Å²) in [6.07, 6.45) is 2.45. The monoisotopic (exact) mass is 261 g/mol. The van der Waals surface area contributed by atoms with Crippen LogP contribution in [0, 0.1) is 6.92 Å². The molecule has 0 spiro atoms. The lowest BCUT2D eigenvalue weighted by molar-refractivity contribution is 0.319. The van der Waals surface area contributed by atoms with Crippen molar-refractivity contribution in [3.05, 3.63) is 34.9 Å². The van der Waals surface area contributed by atoms with Crippen LogP contribution in [0.15, 0.2) is 18.2 Å². The highest BCUT2D eigenvalue weighted by molar-refractivity contribution is 5.29. The second-order valence-corrected chi connectivity index (χ2v) is 5.69. The minimum Gasteiger partial charge on any atom is -0.313 e. The van der Waals surface area contributed by atoms with Crippen LogP contribution in [0.1, 0.15) is 29.5 Å². The highest BCUT2D eigenvalue weighted by Gasteiger charge is 2.02. The van der Waals surface area contributed by atoms with E-state index >= 15 is 0 Å². The molecule has 1 heterocycles. The summed E-state index contributed by atoms with van der Waals surface area (Å²) in [7, 11) is 2.22. The highest BCUT2D eigenvalue weighted by atomic mass is 15.1. The molecule has 1 aromatic carbocycles. The summed E-state index contributed by atoms with van der Waals surface area (Å²) < 4.78 is 0. The minimum absolute atomic E-state index is 0.985. The molecule has 0 unspecified atom stereocenters. The summed E-state index contributed by atoms with van der Waals surface area (Å²) >= 11 is 0. The van der Waals surface area contributed by atoms with Crippen molar-refractivity contribution < 1.29 is 0 Å². The van der Waals surface area contributed by atoms with E-state index in [1.807, 2.05) is 0 Å². The zero-order chi connectivity index (χ0) is 13.5. The Morgan fingerprint density at radius 2 is 1.42 bits per heavy atom.